The van der Waals surface area contributed by atoms with Gasteiger partial charge in [-0.2, -0.15) is 0 Å². The van der Waals surface area contributed by atoms with Crippen molar-refractivity contribution < 1.29 is 14.3 Å². The minimum absolute atomic E-state index is 0.159. The van der Waals surface area contributed by atoms with Crippen molar-refractivity contribution in [1.82, 2.24) is 9.80 Å². The lowest BCUT2D eigenvalue weighted by molar-refractivity contribution is -0.133. The molecule has 0 saturated heterocycles. The Hall–Kier alpha value is -2.53. The van der Waals surface area contributed by atoms with Gasteiger partial charge < -0.3 is 14.4 Å². The Morgan fingerprint density at radius 3 is 2.44 bits per heavy atom. The zero-order valence-electron chi connectivity index (χ0n) is 16.6. The van der Waals surface area contributed by atoms with Crippen LogP contribution in [0.3, 0.4) is 0 Å². The van der Waals surface area contributed by atoms with Gasteiger partial charge in [-0.3, -0.25) is 9.69 Å². The SMILES string of the molecule is COc1cc2c(cc1OC)CN(C(=O)CN(C)Cc1ccccc1C)CC2. The average Bonchev–Trinajstić information content (AvgIpc) is 2.68. The summed E-state index contributed by atoms with van der Waals surface area (Å²) < 4.78 is 10.8. The molecular weight excluding hydrogens is 340 g/mol. The molecule has 27 heavy (non-hydrogen) atoms. The first-order chi connectivity index (χ1) is 13.0. The third-order valence-corrected chi connectivity index (χ3v) is 5.18. The van der Waals surface area contributed by atoms with Crippen LogP contribution in [0.15, 0.2) is 36.4 Å². The quantitative estimate of drug-likeness (QED) is 0.786. The Morgan fingerprint density at radius 2 is 1.78 bits per heavy atom. The molecule has 1 aliphatic rings. The van der Waals surface area contributed by atoms with Gasteiger partial charge in [0.15, 0.2) is 11.5 Å². The highest BCUT2D eigenvalue weighted by atomic mass is 16.5. The topological polar surface area (TPSA) is 42.0 Å². The van der Waals surface area contributed by atoms with Crippen LogP contribution in [0.1, 0.15) is 22.3 Å². The standard InChI is InChI=1S/C22H28N2O3/c1-16-7-5-6-8-18(16)13-23(2)15-22(25)24-10-9-17-11-20(26-3)21(27-4)12-19(17)14-24/h5-8,11-12H,9-10,13-15H2,1-4H3. The van der Waals surface area contributed by atoms with E-state index >= 15 is 0 Å². The van der Waals surface area contributed by atoms with Crippen molar-refractivity contribution in [3.05, 3.63) is 58.7 Å². The number of hydrogen-bond donors (Lipinski definition) is 0. The Balaban J connectivity index is 1.64. The van der Waals surface area contributed by atoms with Crippen LogP contribution in [0, 0.1) is 6.92 Å². The lowest BCUT2D eigenvalue weighted by Crippen LogP contribution is -2.41. The molecule has 2 aromatic carbocycles. The maximum absolute atomic E-state index is 12.8. The van der Waals surface area contributed by atoms with Gasteiger partial charge in [0, 0.05) is 19.6 Å². The number of rotatable bonds is 6. The highest BCUT2D eigenvalue weighted by Gasteiger charge is 2.23. The van der Waals surface area contributed by atoms with Crippen LogP contribution >= 0.6 is 0 Å². The summed E-state index contributed by atoms with van der Waals surface area (Å²) in [5.41, 5.74) is 4.87. The molecule has 3 rings (SSSR count). The molecule has 1 amide bonds. The van der Waals surface area contributed by atoms with Crippen molar-refractivity contribution in [2.24, 2.45) is 0 Å². The molecule has 0 saturated carbocycles. The maximum Gasteiger partial charge on any atom is 0.237 e. The zero-order valence-corrected chi connectivity index (χ0v) is 16.6. The number of hydrogen-bond acceptors (Lipinski definition) is 4. The summed E-state index contributed by atoms with van der Waals surface area (Å²) in [5, 5.41) is 0. The van der Waals surface area contributed by atoms with Gasteiger partial charge in [0.05, 0.1) is 20.8 Å². The minimum atomic E-state index is 0.159. The largest absolute Gasteiger partial charge is 0.493 e. The number of amides is 1. The van der Waals surface area contributed by atoms with E-state index in [4.69, 9.17) is 9.47 Å². The predicted molar refractivity (Wildman–Crippen MR) is 106 cm³/mol. The fourth-order valence-corrected chi connectivity index (χ4v) is 3.56. The molecular formula is C22H28N2O3. The molecule has 0 atom stereocenters. The van der Waals surface area contributed by atoms with Gasteiger partial charge >= 0.3 is 0 Å². The molecule has 0 fully saturated rings. The lowest BCUT2D eigenvalue weighted by atomic mass is 9.98. The van der Waals surface area contributed by atoms with Crippen LogP contribution in [0.2, 0.25) is 0 Å². The second kappa shape index (κ2) is 8.44. The van der Waals surface area contributed by atoms with E-state index in [1.54, 1.807) is 14.2 Å². The van der Waals surface area contributed by atoms with Gasteiger partial charge in [-0.1, -0.05) is 24.3 Å². The molecule has 0 spiro atoms. The number of likely N-dealkylation sites (N-methyl/N-ethyl adjacent to an activating group) is 1. The van der Waals surface area contributed by atoms with Gasteiger partial charge in [-0.25, -0.2) is 0 Å². The smallest absolute Gasteiger partial charge is 0.237 e. The third kappa shape index (κ3) is 4.42. The minimum Gasteiger partial charge on any atom is -0.493 e. The van der Waals surface area contributed by atoms with Crippen LogP contribution in [0.5, 0.6) is 11.5 Å². The van der Waals surface area contributed by atoms with E-state index in [0.29, 0.717) is 18.8 Å². The lowest BCUT2D eigenvalue weighted by Gasteiger charge is -2.31. The van der Waals surface area contributed by atoms with Gasteiger partial charge in [0.1, 0.15) is 0 Å². The molecule has 0 N–H and O–H groups in total. The van der Waals surface area contributed by atoms with Crippen LogP contribution in [0.4, 0.5) is 0 Å². The summed E-state index contributed by atoms with van der Waals surface area (Å²) in [6.45, 7) is 4.64. The van der Waals surface area contributed by atoms with E-state index in [2.05, 4.69) is 24.0 Å². The number of ether oxygens (including phenoxy) is 2. The third-order valence-electron chi connectivity index (χ3n) is 5.18. The predicted octanol–water partition coefficient (Wildman–Crippen LogP) is 3.03. The second-order valence-electron chi connectivity index (χ2n) is 7.14. The molecule has 5 nitrogen and oxygen atoms in total. The highest BCUT2D eigenvalue weighted by molar-refractivity contribution is 5.78. The van der Waals surface area contributed by atoms with E-state index in [0.717, 1.165) is 30.8 Å². The molecule has 144 valence electrons. The molecule has 0 bridgehead atoms. The number of benzene rings is 2. The Kier molecular flexibility index (Phi) is 6.01. The van der Waals surface area contributed by atoms with Crippen LogP contribution in [-0.2, 0) is 24.3 Å². The van der Waals surface area contributed by atoms with Gasteiger partial charge in [0.25, 0.3) is 0 Å². The summed E-state index contributed by atoms with van der Waals surface area (Å²) in [5.74, 6) is 1.61. The molecule has 1 heterocycles. The normalized spacial score (nSPS) is 13.4. The monoisotopic (exact) mass is 368 g/mol. The van der Waals surface area contributed by atoms with Crippen LogP contribution in [-0.4, -0.2) is 50.1 Å². The molecule has 0 aromatic heterocycles. The van der Waals surface area contributed by atoms with E-state index in [9.17, 15) is 4.79 Å². The van der Waals surface area contributed by atoms with Gasteiger partial charge in [-0.15, -0.1) is 0 Å². The second-order valence-corrected chi connectivity index (χ2v) is 7.14. The van der Waals surface area contributed by atoms with Crippen molar-refractivity contribution in [3.63, 3.8) is 0 Å². The first-order valence-corrected chi connectivity index (χ1v) is 9.26. The van der Waals surface area contributed by atoms with E-state index in [-0.39, 0.29) is 5.91 Å². The van der Waals surface area contributed by atoms with Crippen molar-refractivity contribution >= 4 is 5.91 Å². The van der Waals surface area contributed by atoms with Crippen LogP contribution < -0.4 is 9.47 Å². The van der Waals surface area contributed by atoms with Crippen molar-refractivity contribution in [2.45, 2.75) is 26.4 Å². The summed E-state index contributed by atoms with van der Waals surface area (Å²) in [6, 6.07) is 12.3. The summed E-state index contributed by atoms with van der Waals surface area (Å²) >= 11 is 0. The molecule has 0 radical (unpaired) electrons. The summed E-state index contributed by atoms with van der Waals surface area (Å²) in [4.78, 5) is 16.8. The number of carbonyl (C=O) groups is 1. The van der Waals surface area contributed by atoms with Gasteiger partial charge in [0.2, 0.25) is 5.91 Å². The average molecular weight is 368 g/mol. The molecule has 2 aromatic rings. The van der Waals surface area contributed by atoms with E-state index in [1.807, 2.05) is 36.2 Å². The molecule has 1 aliphatic heterocycles. The van der Waals surface area contributed by atoms with Crippen LogP contribution in [0.25, 0.3) is 0 Å². The van der Waals surface area contributed by atoms with Crippen molar-refractivity contribution in [3.8, 4) is 11.5 Å². The van der Waals surface area contributed by atoms with E-state index < -0.39 is 0 Å². The number of carbonyl (C=O) groups excluding carboxylic acids is 1. The fraction of sp³-hybridized carbons (Fsp3) is 0.409. The first kappa shape index (κ1) is 19.2. The Labute approximate surface area is 161 Å². The maximum atomic E-state index is 12.8. The highest BCUT2D eigenvalue weighted by Crippen LogP contribution is 2.33. The number of aryl methyl sites for hydroxylation is 1. The zero-order chi connectivity index (χ0) is 19.4. The van der Waals surface area contributed by atoms with Crippen molar-refractivity contribution in [2.75, 3.05) is 34.4 Å². The summed E-state index contributed by atoms with van der Waals surface area (Å²) in [7, 11) is 5.28. The Bertz CT molecular complexity index is 819. The molecule has 0 aliphatic carbocycles. The first-order valence-electron chi connectivity index (χ1n) is 9.26. The fourth-order valence-electron chi connectivity index (χ4n) is 3.56. The van der Waals surface area contributed by atoms with Crippen molar-refractivity contribution in [1.29, 1.82) is 0 Å². The number of nitrogens with zero attached hydrogens (tertiary/aromatic N) is 2. The Morgan fingerprint density at radius 1 is 1.11 bits per heavy atom. The molecule has 0 unspecified atom stereocenters. The summed E-state index contributed by atoms with van der Waals surface area (Å²) in [6.07, 6.45) is 0.836. The van der Waals surface area contributed by atoms with E-state index in [1.165, 1.54) is 16.7 Å². The number of methoxy groups -OCH3 is 2. The molecule has 5 heteroatoms. The number of fused-ring (bicyclic) bond motifs is 1. The van der Waals surface area contributed by atoms with Gasteiger partial charge in [-0.05, 0) is 54.8 Å².